The summed E-state index contributed by atoms with van der Waals surface area (Å²) in [5.74, 6) is 0.471. The summed E-state index contributed by atoms with van der Waals surface area (Å²) in [5.41, 5.74) is -0.966. The molecule has 0 bridgehead atoms. The first-order valence-corrected chi connectivity index (χ1v) is 6.54. The highest BCUT2D eigenvalue weighted by Gasteiger charge is 2.45. The number of carbonyl (C=O) groups excluding carboxylic acids is 2. The maximum Gasteiger partial charge on any atom is 0.330 e. The van der Waals surface area contributed by atoms with Gasteiger partial charge in [-0.2, -0.15) is 0 Å². The Morgan fingerprint density at radius 2 is 2.09 bits per heavy atom. The zero-order valence-electron chi connectivity index (χ0n) is 12.0. The Kier molecular flexibility index (Phi) is 3.21. The molecule has 1 saturated heterocycles. The number of imide groups is 1. The lowest BCUT2D eigenvalue weighted by molar-refractivity contribution is -0.121. The number of ether oxygens (including phenoxy) is 1. The van der Waals surface area contributed by atoms with E-state index in [2.05, 4.69) is 20.3 Å². The molecule has 1 N–H and O–H groups in total. The van der Waals surface area contributed by atoms with Crippen molar-refractivity contribution in [3.05, 3.63) is 36.9 Å². The summed E-state index contributed by atoms with van der Waals surface area (Å²) in [6, 6.07) is 4.33. The largest absolute Gasteiger partial charge is 0.437 e. The summed E-state index contributed by atoms with van der Waals surface area (Å²) < 4.78 is 5.52. The number of nitrogens with one attached hydrogen (secondary N) is 1. The van der Waals surface area contributed by atoms with Crippen molar-refractivity contribution in [1.82, 2.24) is 20.3 Å². The van der Waals surface area contributed by atoms with Crippen molar-refractivity contribution in [3.63, 3.8) is 0 Å². The molecule has 2 aromatic heterocycles. The summed E-state index contributed by atoms with van der Waals surface area (Å²) >= 11 is 0. The van der Waals surface area contributed by atoms with Crippen LogP contribution in [0.5, 0.6) is 11.6 Å². The summed E-state index contributed by atoms with van der Waals surface area (Å²) in [6.07, 6.45) is 4.37. The molecule has 112 valence electrons. The Morgan fingerprint density at radius 1 is 1.27 bits per heavy atom. The maximum atomic E-state index is 12.2. The van der Waals surface area contributed by atoms with E-state index in [1.165, 1.54) is 18.6 Å². The molecule has 3 amide bonds. The number of hydrogen-bond acceptors (Lipinski definition) is 6. The third kappa shape index (κ3) is 2.46. The maximum absolute atomic E-state index is 12.2. The molecule has 1 aliphatic rings. The number of nitrogens with zero attached hydrogens (tertiary/aromatic N) is 4. The number of carbonyl (C=O) groups is 2. The van der Waals surface area contributed by atoms with Gasteiger partial charge in [-0.05, 0) is 26.0 Å². The smallest absolute Gasteiger partial charge is 0.330 e. The number of urea groups is 1. The third-order valence-electron chi connectivity index (χ3n) is 3.07. The van der Waals surface area contributed by atoms with Crippen LogP contribution in [0.25, 0.3) is 0 Å². The summed E-state index contributed by atoms with van der Waals surface area (Å²) in [7, 11) is 0. The molecule has 0 saturated carbocycles. The van der Waals surface area contributed by atoms with Gasteiger partial charge in [0.15, 0.2) is 5.82 Å². The molecule has 1 fully saturated rings. The van der Waals surface area contributed by atoms with Gasteiger partial charge in [-0.3, -0.25) is 9.78 Å². The zero-order valence-corrected chi connectivity index (χ0v) is 12.0. The Labute approximate surface area is 126 Å². The molecule has 0 spiro atoms. The van der Waals surface area contributed by atoms with Crippen LogP contribution in [0, 0.1) is 0 Å². The normalized spacial score (nSPS) is 16.5. The topological polar surface area (TPSA) is 97.3 Å². The summed E-state index contributed by atoms with van der Waals surface area (Å²) in [6.45, 7) is 3.25. The molecule has 0 unspecified atom stereocenters. The van der Waals surface area contributed by atoms with Crippen LogP contribution in [-0.2, 0) is 4.79 Å². The molecule has 2 aromatic rings. The molecule has 0 atom stereocenters. The van der Waals surface area contributed by atoms with E-state index in [0.717, 1.165) is 4.90 Å². The molecule has 0 aliphatic carbocycles. The van der Waals surface area contributed by atoms with Crippen molar-refractivity contribution in [2.24, 2.45) is 0 Å². The van der Waals surface area contributed by atoms with Crippen LogP contribution in [0.2, 0.25) is 0 Å². The van der Waals surface area contributed by atoms with Crippen molar-refractivity contribution in [2.45, 2.75) is 19.4 Å². The molecule has 0 aromatic carbocycles. The fraction of sp³-hybridized carbons (Fsp3) is 0.214. The second-order valence-electron chi connectivity index (χ2n) is 5.20. The number of hydrogen-bond donors (Lipinski definition) is 1. The highest BCUT2D eigenvalue weighted by atomic mass is 16.5. The van der Waals surface area contributed by atoms with Gasteiger partial charge in [0.25, 0.3) is 5.91 Å². The molecule has 0 radical (unpaired) electrons. The Balaban J connectivity index is 1.89. The lowest BCUT2D eigenvalue weighted by Crippen LogP contribution is -2.40. The second-order valence-corrected chi connectivity index (χ2v) is 5.20. The van der Waals surface area contributed by atoms with Crippen LogP contribution in [0.3, 0.4) is 0 Å². The van der Waals surface area contributed by atoms with Gasteiger partial charge < -0.3 is 10.1 Å². The highest BCUT2D eigenvalue weighted by molar-refractivity contribution is 6.22. The van der Waals surface area contributed by atoms with Crippen molar-refractivity contribution < 1.29 is 14.3 Å². The predicted molar refractivity (Wildman–Crippen MR) is 76.4 cm³/mol. The number of rotatable bonds is 3. The Hall–Kier alpha value is -3.03. The molecular formula is C14H13N5O3. The first kappa shape index (κ1) is 13.9. The molecule has 1 aliphatic heterocycles. The fourth-order valence-electron chi connectivity index (χ4n) is 1.99. The van der Waals surface area contributed by atoms with Crippen LogP contribution in [0.1, 0.15) is 13.8 Å². The van der Waals surface area contributed by atoms with E-state index in [0.29, 0.717) is 5.75 Å². The minimum atomic E-state index is -0.966. The van der Waals surface area contributed by atoms with Crippen molar-refractivity contribution in [3.8, 4) is 11.6 Å². The van der Waals surface area contributed by atoms with Gasteiger partial charge in [0.05, 0.1) is 6.20 Å². The second kappa shape index (κ2) is 5.06. The number of pyridine rings is 1. The van der Waals surface area contributed by atoms with Crippen molar-refractivity contribution >= 4 is 17.8 Å². The SMILES string of the molecule is CC1(C)NC(=O)N(c2cc(Oc3cccnc3)ncn2)C1=O. The van der Waals surface area contributed by atoms with Gasteiger partial charge >= 0.3 is 6.03 Å². The molecule has 22 heavy (non-hydrogen) atoms. The van der Waals surface area contributed by atoms with Crippen LogP contribution in [-0.4, -0.2) is 32.4 Å². The minimum absolute atomic E-state index is 0.155. The zero-order chi connectivity index (χ0) is 15.7. The van der Waals surface area contributed by atoms with Gasteiger partial charge in [-0.25, -0.2) is 19.7 Å². The van der Waals surface area contributed by atoms with Gasteiger partial charge in [0.2, 0.25) is 5.88 Å². The van der Waals surface area contributed by atoms with Gasteiger partial charge in [0.1, 0.15) is 17.6 Å². The van der Waals surface area contributed by atoms with Gasteiger partial charge in [0, 0.05) is 12.3 Å². The lowest BCUT2D eigenvalue weighted by Gasteiger charge is -2.15. The van der Waals surface area contributed by atoms with Crippen molar-refractivity contribution in [2.75, 3.05) is 4.90 Å². The van der Waals surface area contributed by atoms with Crippen LogP contribution < -0.4 is 15.0 Å². The van der Waals surface area contributed by atoms with Crippen molar-refractivity contribution in [1.29, 1.82) is 0 Å². The number of aromatic nitrogens is 3. The molecule has 8 heteroatoms. The Bertz CT molecular complexity index is 732. The quantitative estimate of drug-likeness (QED) is 0.862. The first-order valence-electron chi connectivity index (χ1n) is 6.54. The van der Waals surface area contributed by atoms with Crippen LogP contribution in [0.15, 0.2) is 36.9 Å². The summed E-state index contributed by atoms with van der Waals surface area (Å²) in [5, 5.41) is 2.59. The fourth-order valence-corrected chi connectivity index (χ4v) is 1.99. The monoisotopic (exact) mass is 299 g/mol. The van der Waals surface area contributed by atoms with E-state index in [-0.39, 0.29) is 17.6 Å². The van der Waals surface area contributed by atoms with E-state index in [4.69, 9.17) is 4.74 Å². The van der Waals surface area contributed by atoms with Crippen LogP contribution >= 0.6 is 0 Å². The third-order valence-corrected chi connectivity index (χ3v) is 3.07. The minimum Gasteiger partial charge on any atom is -0.437 e. The standard InChI is InChI=1S/C14H13N5O3/c1-14(2)12(20)19(13(21)18-14)10-6-11(17-8-16-10)22-9-4-3-5-15-7-9/h3-8H,1-2H3,(H,18,21). The van der Waals surface area contributed by atoms with E-state index in [1.807, 2.05) is 0 Å². The predicted octanol–water partition coefficient (Wildman–Crippen LogP) is 1.50. The lowest BCUT2D eigenvalue weighted by atomic mass is 10.1. The molecule has 3 heterocycles. The average Bonchev–Trinajstić information content (AvgIpc) is 2.68. The summed E-state index contributed by atoms with van der Waals surface area (Å²) in [4.78, 5) is 37.0. The average molecular weight is 299 g/mol. The molecule has 3 rings (SSSR count). The van der Waals surface area contributed by atoms with E-state index in [1.54, 1.807) is 32.2 Å². The number of anilines is 1. The van der Waals surface area contributed by atoms with Gasteiger partial charge in [-0.1, -0.05) is 0 Å². The highest BCUT2D eigenvalue weighted by Crippen LogP contribution is 2.26. The number of amides is 3. The first-order chi connectivity index (χ1) is 10.5. The van der Waals surface area contributed by atoms with E-state index in [9.17, 15) is 9.59 Å². The Morgan fingerprint density at radius 3 is 2.73 bits per heavy atom. The van der Waals surface area contributed by atoms with E-state index < -0.39 is 11.6 Å². The molecule has 8 nitrogen and oxygen atoms in total. The molecular weight excluding hydrogens is 286 g/mol. The van der Waals surface area contributed by atoms with E-state index >= 15 is 0 Å². The van der Waals surface area contributed by atoms with Gasteiger partial charge in [-0.15, -0.1) is 0 Å². The van der Waals surface area contributed by atoms with Crippen LogP contribution in [0.4, 0.5) is 10.6 Å².